The van der Waals surface area contributed by atoms with Crippen LogP contribution in [0.25, 0.3) is 0 Å². The van der Waals surface area contributed by atoms with Gasteiger partial charge in [0.1, 0.15) is 30.4 Å². The number of halogens is 2. The predicted octanol–water partition coefficient (Wildman–Crippen LogP) is 6.95. The number of aryl methyl sites for hydroxylation is 3. The van der Waals surface area contributed by atoms with E-state index in [0.29, 0.717) is 3.93 Å². The third kappa shape index (κ3) is 15.7. The molecule has 0 fully saturated rings. The van der Waals surface area contributed by atoms with Crippen LogP contribution in [0.1, 0.15) is 31.8 Å². The van der Waals surface area contributed by atoms with Gasteiger partial charge >= 0.3 is 119 Å². The van der Waals surface area contributed by atoms with E-state index >= 15 is 0 Å². The molecule has 5 aromatic rings. The Labute approximate surface area is 311 Å². The Kier molecular flexibility index (Phi) is 16.4. The van der Waals surface area contributed by atoms with E-state index in [0.717, 1.165) is 26.7 Å². The van der Waals surface area contributed by atoms with Crippen molar-refractivity contribution in [3.8, 4) is 0 Å². The Balaban J connectivity index is 0.000000231. The molecule has 0 saturated carbocycles. The first-order valence-corrected chi connectivity index (χ1v) is 20.6. The Bertz CT molecular complexity index is 1890. The van der Waals surface area contributed by atoms with Gasteiger partial charge < -0.3 is 13.7 Å². The molecule has 5 aromatic carbocycles. The first-order chi connectivity index (χ1) is 22.7. The van der Waals surface area contributed by atoms with Gasteiger partial charge in [-0.1, -0.05) is 53.1 Å². The molecule has 15 heteroatoms. The summed E-state index contributed by atoms with van der Waals surface area (Å²) in [5, 5.41) is 1.56. The van der Waals surface area contributed by atoms with Gasteiger partial charge in [0.2, 0.25) is 0 Å². The van der Waals surface area contributed by atoms with Crippen molar-refractivity contribution < 1.29 is 38.9 Å². The fourth-order valence-corrected chi connectivity index (χ4v) is 6.38. The van der Waals surface area contributed by atoms with Crippen LogP contribution in [0.3, 0.4) is 0 Å². The van der Waals surface area contributed by atoms with Crippen molar-refractivity contribution in [2.24, 2.45) is 0 Å². The van der Waals surface area contributed by atoms with E-state index in [1.165, 1.54) is 70.1 Å². The molecule has 0 aliphatic carbocycles. The molecule has 0 amide bonds. The summed E-state index contributed by atoms with van der Waals surface area (Å²) in [6, 6.07) is 33.4. The van der Waals surface area contributed by atoms with E-state index in [9.17, 15) is 38.9 Å². The van der Waals surface area contributed by atoms with E-state index < -0.39 is 30.4 Å². The summed E-state index contributed by atoms with van der Waals surface area (Å²) in [4.78, 5) is -0.533. The summed E-state index contributed by atoms with van der Waals surface area (Å²) >= 11 is 13.2. The van der Waals surface area contributed by atoms with Crippen LogP contribution in [0.2, 0.25) is 10.0 Å². The summed E-state index contributed by atoms with van der Waals surface area (Å²) in [6.45, 7) is 5.46. The van der Waals surface area contributed by atoms with Gasteiger partial charge in [-0.05, 0) is 57.2 Å². The Morgan fingerprint density at radius 1 is 0.429 bits per heavy atom. The molecular formula is C34H30Cl2O9S3Sn. The van der Waals surface area contributed by atoms with Gasteiger partial charge in [0.25, 0.3) is 0 Å². The number of rotatable bonds is 5. The zero-order valence-corrected chi connectivity index (χ0v) is 33.1. The monoisotopic (exact) mass is 868 g/mol. The first-order valence-electron chi connectivity index (χ1n) is 14.0. The molecule has 0 aliphatic heterocycles. The second-order valence-corrected chi connectivity index (χ2v) is 17.0. The quantitative estimate of drug-likeness (QED) is 0.134. The van der Waals surface area contributed by atoms with Gasteiger partial charge in [0, 0.05) is 0 Å². The van der Waals surface area contributed by atoms with Gasteiger partial charge in [-0.15, -0.1) is 0 Å². The van der Waals surface area contributed by atoms with Crippen molar-refractivity contribution in [3.63, 3.8) is 0 Å². The van der Waals surface area contributed by atoms with Crippen molar-refractivity contribution in [1.82, 2.24) is 0 Å². The first kappa shape index (κ1) is 42.4. The molecule has 0 spiro atoms. The van der Waals surface area contributed by atoms with E-state index in [4.69, 9.17) is 23.2 Å². The van der Waals surface area contributed by atoms with Gasteiger partial charge in [-0.25, -0.2) is 25.3 Å². The molecular weight excluding hydrogens is 838 g/mol. The maximum atomic E-state index is 10.4. The Morgan fingerprint density at radius 2 is 0.633 bits per heavy atom. The van der Waals surface area contributed by atoms with Crippen LogP contribution in [0.5, 0.6) is 0 Å². The Hall–Kier alpha value is -2.79. The van der Waals surface area contributed by atoms with E-state index in [1.807, 2.05) is 45.0 Å². The molecule has 49 heavy (non-hydrogen) atoms. The van der Waals surface area contributed by atoms with Crippen molar-refractivity contribution >= 4 is 76.1 Å². The molecule has 0 N–H and O–H groups in total. The zero-order valence-electron chi connectivity index (χ0n) is 26.3. The SMILES string of the molecule is Cc1ccc(S(=O)(=O)[O-])cc1.Cc1ccc(S(=O)(=O)[O-])cc1.Cc1ccc(S(=O)(=O)[O-])cc1.Clc1ccc([CH]([Sn+3])c2ccc(Cl)cc2)cc1. The van der Waals surface area contributed by atoms with Gasteiger partial charge in [-0.2, -0.15) is 0 Å². The summed E-state index contributed by atoms with van der Waals surface area (Å²) < 4.78 is 93.9. The molecule has 0 radical (unpaired) electrons. The van der Waals surface area contributed by atoms with Crippen molar-refractivity contribution in [3.05, 3.63) is 159 Å². The molecule has 0 aromatic heterocycles. The molecule has 0 aliphatic rings. The van der Waals surface area contributed by atoms with Crippen molar-refractivity contribution in [2.75, 3.05) is 0 Å². The number of benzene rings is 5. The van der Waals surface area contributed by atoms with Crippen LogP contribution in [0, 0.1) is 20.8 Å². The second-order valence-electron chi connectivity index (χ2n) is 10.3. The third-order valence-electron chi connectivity index (χ3n) is 6.34. The van der Waals surface area contributed by atoms with Crippen LogP contribution < -0.4 is 0 Å². The molecule has 0 bridgehead atoms. The Morgan fingerprint density at radius 3 is 0.816 bits per heavy atom. The summed E-state index contributed by atoms with van der Waals surface area (Å²) in [5.41, 5.74) is 5.38. The minimum absolute atomic E-state index is 0.178. The third-order valence-corrected chi connectivity index (χ3v) is 11.3. The van der Waals surface area contributed by atoms with Gasteiger partial charge in [0.15, 0.2) is 0 Å². The topological polar surface area (TPSA) is 172 Å². The predicted molar refractivity (Wildman–Crippen MR) is 188 cm³/mol. The van der Waals surface area contributed by atoms with Crippen LogP contribution >= 0.6 is 23.2 Å². The van der Waals surface area contributed by atoms with Gasteiger partial charge in [-0.3, -0.25) is 0 Å². The van der Waals surface area contributed by atoms with Crippen LogP contribution in [-0.4, -0.2) is 61.4 Å². The second kappa shape index (κ2) is 19.0. The molecule has 0 unspecified atom stereocenters. The van der Waals surface area contributed by atoms with Crippen molar-refractivity contribution in [1.29, 1.82) is 0 Å². The van der Waals surface area contributed by atoms with Crippen molar-refractivity contribution in [2.45, 2.75) is 39.4 Å². The molecule has 0 heterocycles. The average Bonchev–Trinajstić information content (AvgIpc) is 3.02. The van der Waals surface area contributed by atoms with Crippen LogP contribution in [0.15, 0.2) is 136 Å². The van der Waals surface area contributed by atoms with E-state index in [-0.39, 0.29) is 14.7 Å². The zero-order chi connectivity index (χ0) is 37.0. The van der Waals surface area contributed by atoms with E-state index in [1.54, 1.807) is 36.4 Å². The number of hydrogen-bond donors (Lipinski definition) is 0. The van der Waals surface area contributed by atoms with Gasteiger partial charge in [0.05, 0.1) is 14.7 Å². The molecule has 256 valence electrons. The summed E-state index contributed by atoms with van der Waals surface area (Å²) in [7, 11) is -12.8. The maximum absolute atomic E-state index is 10.4. The summed E-state index contributed by atoms with van der Waals surface area (Å²) in [5.74, 6) is 0. The van der Waals surface area contributed by atoms with E-state index in [2.05, 4.69) is 24.3 Å². The van der Waals surface area contributed by atoms with Crippen LogP contribution in [0.4, 0.5) is 0 Å². The number of hydrogen-bond acceptors (Lipinski definition) is 9. The fraction of sp³-hybridized carbons (Fsp3) is 0.118. The molecule has 0 saturated heterocycles. The molecule has 0 atom stereocenters. The normalized spacial score (nSPS) is 11.2. The minimum atomic E-state index is -4.27. The fourth-order valence-electron chi connectivity index (χ4n) is 3.62. The summed E-state index contributed by atoms with van der Waals surface area (Å²) in [6.07, 6.45) is 0. The molecule has 9 nitrogen and oxygen atoms in total. The standard InChI is InChI=1S/C13H9Cl2.3C7H8O3S.Sn/c14-12-5-1-10(2-6-12)9-11-3-7-13(15)8-4-11;3*1-6-2-4-7(5-3-6)11(8,9)10;/h1-9H;3*2-5H,1H3,(H,8,9,10);/q;;;;+3/p-3. The average molecular weight is 868 g/mol. The van der Waals surface area contributed by atoms with Crippen LogP contribution in [-0.2, 0) is 30.4 Å². The molecule has 5 rings (SSSR count).